The van der Waals surface area contributed by atoms with Crippen molar-refractivity contribution in [3.8, 4) is 6.07 Å². The van der Waals surface area contributed by atoms with Crippen molar-refractivity contribution in [2.45, 2.75) is 50.1 Å². The van der Waals surface area contributed by atoms with Crippen LogP contribution in [0.25, 0.3) is 10.9 Å². The molecule has 202 valence electrons. The standard InChI is InChI=1S/C25H24ClF4N5O3/c26-16-6-17(27)14-5-18(34-20(14)19(16)28)24(38)35-10-12-7-25(29,30)8-15(12)21(35)23(37)33-13(9-31)4-11-2-1-3-32-22(11)36/h5-6,11-13,15,21,34H,1-4,7-8,10H2,(H,32,36)(H,33,37)/t11-,12-,13+,15-,21-/m0/s1. The number of carbonyl (C=O) groups excluding carboxylic acids is 3. The number of fused-ring (bicyclic) bond motifs is 2. The van der Waals surface area contributed by atoms with Gasteiger partial charge < -0.3 is 20.5 Å². The first-order valence-electron chi connectivity index (χ1n) is 12.3. The van der Waals surface area contributed by atoms with Gasteiger partial charge in [-0.15, -0.1) is 0 Å². The van der Waals surface area contributed by atoms with E-state index in [0.29, 0.717) is 13.0 Å². The first-order valence-corrected chi connectivity index (χ1v) is 12.7. The SMILES string of the molecule is N#C[C@@H](C[C@@H]1CCCNC1=O)NC(=O)[C@@H]1[C@H]2CC(F)(F)C[C@H]2CN1C(=O)c1cc2c(F)cc(Cl)c(F)c2[nH]1. The fraction of sp³-hybridized carbons (Fsp3) is 0.520. The van der Waals surface area contributed by atoms with Crippen molar-refractivity contribution in [2.75, 3.05) is 13.1 Å². The van der Waals surface area contributed by atoms with E-state index in [4.69, 9.17) is 11.6 Å². The number of aromatic nitrogens is 1. The van der Waals surface area contributed by atoms with Crippen LogP contribution in [0.3, 0.4) is 0 Å². The van der Waals surface area contributed by atoms with E-state index in [1.165, 1.54) is 0 Å². The zero-order valence-electron chi connectivity index (χ0n) is 20.0. The number of hydrogen-bond acceptors (Lipinski definition) is 4. The predicted octanol–water partition coefficient (Wildman–Crippen LogP) is 3.51. The molecule has 0 radical (unpaired) electrons. The highest BCUT2D eigenvalue weighted by atomic mass is 35.5. The van der Waals surface area contributed by atoms with Crippen LogP contribution < -0.4 is 10.6 Å². The molecule has 38 heavy (non-hydrogen) atoms. The zero-order valence-corrected chi connectivity index (χ0v) is 20.8. The van der Waals surface area contributed by atoms with Gasteiger partial charge in [-0.2, -0.15) is 5.26 Å². The number of piperidine rings is 1. The Morgan fingerprint density at radius 2 is 2.05 bits per heavy atom. The monoisotopic (exact) mass is 553 g/mol. The lowest BCUT2D eigenvalue weighted by Crippen LogP contribution is -2.52. The number of carbonyl (C=O) groups is 3. The molecule has 2 aliphatic heterocycles. The van der Waals surface area contributed by atoms with E-state index in [0.717, 1.165) is 23.5 Å². The summed E-state index contributed by atoms with van der Waals surface area (Å²) in [4.78, 5) is 42.6. The summed E-state index contributed by atoms with van der Waals surface area (Å²) in [6.45, 7) is 0.365. The van der Waals surface area contributed by atoms with E-state index < -0.39 is 77.1 Å². The van der Waals surface area contributed by atoms with Crippen molar-refractivity contribution in [2.24, 2.45) is 17.8 Å². The number of likely N-dealkylation sites (tertiary alicyclic amines) is 1. The third-order valence-corrected chi connectivity index (χ3v) is 8.06. The summed E-state index contributed by atoms with van der Waals surface area (Å²) in [5.74, 6) is -8.69. The van der Waals surface area contributed by atoms with Crippen molar-refractivity contribution in [1.82, 2.24) is 20.5 Å². The predicted molar refractivity (Wildman–Crippen MR) is 127 cm³/mol. The van der Waals surface area contributed by atoms with Crippen LogP contribution in [0.5, 0.6) is 0 Å². The third-order valence-electron chi connectivity index (χ3n) is 7.78. The number of nitrogens with one attached hydrogen (secondary N) is 3. The molecule has 1 aliphatic carbocycles. The summed E-state index contributed by atoms with van der Waals surface area (Å²) in [6, 6.07) is 1.40. The number of halogens is 5. The Hall–Kier alpha value is -3.33. The molecule has 2 aromatic rings. The Bertz CT molecular complexity index is 1360. The van der Waals surface area contributed by atoms with Crippen molar-refractivity contribution in [1.29, 1.82) is 5.26 Å². The number of amides is 3. The maximum atomic E-state index is 14.5. The Kier molecular flexibility index (Phi) is 6.75. The smallest absolute Gasteiger partial charge is 0.271 e. The number of rotatable bonds is 5. The summed E-state index contributed by atoms with van der Waals surface area (Å²) >= 11 is 5.70. The van der Waals surface area contributed by atoms with Gasteiger partial charge in [-0.25, -0.2) is 17.6 Å². The van der Waals surface area contributed by atoms with E-state index in [9.17, 15) is 37.2 Å². The Morgan fingerprint density at radius 3 is 2.76 bits per heavy atom. The summed E-state index contributed by atoms with van der Waals surface area (Å²) in [6.07, 6.45) is 0.180. The molecule has 0 unspecified atom stereocenters. The van der Waals surface area contributed by atoms with Gasteiger partial charge in [0.25, 0.3) is 5.91 Å². The molecule has 3 heterocycles. The molecule has 0 bridgehead atoms. The molecule has 5 atom stereocenters. The molecule has 1 aromatic carbocycles. The van der Waals surface area contributed by atoms with E-state index in [1.807, 2.05) is 6.07 Å². The largest absolute Gasteiger partial charge is 0.356 e. The molecule has 0 spiro atoms. The van der Waals surface area contributed by atoms with E-state index in [1.54, 1.807) is 0 Å². The first-order chi connectivity index (χ1) is 18.0. The molecule has 3 fully saturated rings. The summed E-state index contributed by atoms with van der Waals surface area (Å²) < 4.78 is 57.3. The fourth-order valence-electron chi connectivity index (χ4n) is 6.05. The highest BCUT2D eigenvalue weighted by Gasteiger charge is 2.58. The van der Waals surface area contributed by atoms with Gasteiger partial charge in [0.05, 0.1) is 16.6 Å². The minimum absolute atomic E-state index is 0.0420. The minimum Gasteiger partial charge on any atom is -0.356 e. The van der Waals surface area contributed by atoms with Crippen LogP contribution in [0.2, 0.25) is 5.02 Å². The van der Waals surface area contributed by atoms with E-state index in [2.05, 4.69) is 15.6 Å². The second-order valence-electron chi connectivity index (χ2n) is 10.3. The number of nitriles is 1. The summed E-state index contributed by atoms with van der Waals surface area (Å²) in [5.41, 5.74) is -0.569. The minimum atomic E-state index is -3.01. The molecule has 3 N–H and O–H groups in total. The van der Waals surface area contributed by atoms with Crippen LogP contribution in [-0.4, -0.2) is 58.7 Å². The fourth-order valence-corrected chi connectivity index (χ4v) is 6.24. The van der Waals surface area contributed by atoms with Crippen molar-refractivity contribution < 1.29 is 31.9 Å². The number of H-pyrrole nitrogens is 1. The molecule has 5 rings (SSSR count). The Labute approximate surface area is 219 Å². The second-order valence-corrected chi connectivity index (χ2v) is 10.7. The number of alkyl halides is 2. The number of nitrogens with zero attached hydrogens (tertiary/aromatic N) is 2. The van der Waals surface area contributed by atoms with Crippen molar-refractivity contribution >= 4 is 40.2 Å². The van der Waals surface area contributed by atoms with Crippen LogP contribution in [0, 0.1) is 40.7 Å². The summed E-state index contributed by atoms with van der Waals surface area (Å²) in [7, 11) is 0. The van der Waals surface area contributed by atoms with E-state index >= 15 is 0 Å². The maximum Gasteiger partial charge on any atom is 0.271 e. The Morgan fingerprint density at radius 1 is 1.29 bits per heavy atom. The molecule has 13 heteroatoms. The molecular weight excluding hydrogens is 530 g/mol. The lowest BCUT2D eigenvalue weighted by atomic mass is 9.90. The quantitative estimate of drug-likeness (QED) is 0.388. The van der Waals surface area contributed by atoms with Gasteiger partial charge in [-0.1, -0.05) is 11.6 Å². The van der Waals surface area contributed by atoms with Gasteiger partial charge in [0.15, 0.2) is 5.82 Å². The van der Waals surface area contributed by atoms with Crippen LogP contribution in [-0.2, 0) is 9.59 Å². The third kappa shape index (κ3) is 4.68. The molecule has 2 saturated heterocycles. The second kappa shape index (κ2) is 9.76. The molecule has 3 aliphatic rings. The van der Waals surface area contributed by atoms with Gasteiger partial charge >= 0.3 is 0 Å². The average Bonchev–Trinajstić information content (AvgIpc) is 3.53. The van der Waals surface area contributed by atoms with Crippen LogP contribution >= 0.6 is 11.6 Å². The van der Waals surface area contributed by atoms with Crippen LogP contribution in [0.4, 0.5) is 17.6 Å². The van der Waals surface area contributed by atoms with Gasteiger partial charge in [-0.3, -0.25) is 14.4 Å². The lowest BCUT2D eigenvalue weighted by molar-refractivity contribution is -0.129. The number of hydrogen-bond donors (Lipinski definition) is 3. The van der Waals surface area contributed by atoms with Gasteiger partial charge in [0, 0.05) is 37.2 Å². The molecule has 1 aromatic heterocycles. The summed E-state index contributed by atoms with van der Waals surface area (Å²) in [5, 5.41) is 14.2. The highest BCUT2D eigenvalue weighted by Crippen LogP contribution is 2.50. The van der Waals surface area contributed by atoms with Gasteiger partial charge in [-0.05, 0) is 43.2 Å². The van der Waals surface area contributed by atoms with E-state index in [-0.39, 0.29) is 35.5 Å². The first kappa shape index (κ1) is 26.3. The topological polar surface area (TPSA) is 118 Å². The lowest BCUT2D eigenvalue weighted by Gasteiger charge is -2.29. The number of aromatic amines is 1. The van der Waals surface area contributed by atoms with Crippen LogP contribution in [0.1, 0.15) is 42.6 Å². The van der Waals surface area contributed by atoms with Gasteiger partial charge in [0.1, 0.15) is 23.6 Å². The maximum absolute atomic E-state index is 14.5. The van der Waals surface area contributed by atoms with Crippen LogP contribution in [0.15, 0.2) is 12.1 Å². The molecular formula is C25H24ClF4N5O3. The highest BCUT2D eigenvalue weighted by molar-refractivity contribution is 6.31. The number of benzene rings is 1. The zero-order chi connectivity index (χ0) is 27.4. The van der Waals surface area contributed by atoms with Crippen molar-refractivity contribution in [3.63, 3.8) is 0 Å². The molecule has 1 saturated carbocycles. The normalized spacial score (nSPS) is 27.1. The Balaban J connectivity index is 1.41. The molecule has 8 nitrogen and oxygen atoms in total. The van der Waals surface area contributed by atoms with Crippen molar-refractivity contribution in [3.05, 3.63) is 34.5 Å². The average molecular weight is 554 g/mol. The molecule has 3 amide bonds. The van der Waals surface area contributed by atoms with Gasteiger partial charge in [0.2, 0.25) is 17.7 Å².